The van der Waals surface area contributed by atoms with Crippen molar-refractivity contribution in [3.8, 4) is 0 Å². The van der Waals surface area contributed by atoms with Gasteiger partial charge in [0.05, 0.1) is 11.8 Å². The zero-order valence-electron chi connectivity index (χ0n) is 9.54. The molecule has 1 rings (SSSR count). The Morgan fingerprint density at radius 2 is 2.07 bits per heavy atom. The van der Waals surface area contributed by atoms with E-state index in [1.807, 2.05) is 25.6 Å². The molecule has 0 spiro atoms. The molecular formula is C11H20N2O. The van der Waals surface area contributed by atoms with Gasteiger partial charge in [0.15, 0.2) is 0 Å². The van der Waals surface area contributed by atoms with E-state index in [4.69, 9.17) is 0 Å². The molecule has 0 amide bonds. The van der Waals surface area contributed by atoms with Crippen LogP contribution in [-0.2, 0) is 13.5 Å². The smallest absolute Gasteiger partial charge is 0.0628 e. The van der Waals surface area contributed by atoms with Crippen LogP contribution in [0.1, 0.15) is 36.7 Å². The molecule has 0 aliphatic carbocycles. The highest BCUT2D eigenvalue weighted by Crippen LogP contribution is 2.15. The SMILES string of the molecule is CCC(O)CCc1c(C)nn(C)c1C. The summed E-state index contributed by atoms with van der Waals surface area (Å²) in [6.07, 6.45) is 2.43. The maximum absolute atomic E-state index is 9.48. The van der Waals surface area contributed by atoms with Gasteiger partial charge in [-0.1, -0.05) is 6.92 Å². The molecule has 3 heteroatoms. The van der Waals surface area contributed by atoms with E-state index in [2.05, 4.69) is 12.0 Å². The minimum Gasteiger partial charge on any atom is -0.393 e. The van der Waals surface area contributed by atoms with E-state index in [1.54, 1.807) is 0 Å². The van der Waals surface area contributed by atoms with Crippen LogP contribution in [0.15, 0.2) is 0 Å². The molecule has 0 aliphatic rings. The van der Waals surface area contributed by atoms with Gasteiger partial charge in [-0.05, 0) is 38.7 Å². The van der Waals surface area contributed by atoms with Gasteiger partial charge >= 0.3 is 0 Å². The molecule has 0 fully saturated rings. The number of rotatable bonds is 4. The van der Waals surface area contributed by atoms with Gasteiger partial charge in [0, 0.05) is 12.7 Å². The molecule has 0 radical (unpaired) electrons. The summed E-state index contributed by atoms with van der Waals surface area (Å²) in [5.41, 5.74) is 3.60. The molecule has 80 valence electrons. The molecule has 1 aromatic heterocycles. The van der Waals surface area contributed by atoms with Crippen molar-refractivity contribution in [1.29, 1.82) is 0 Å². The average molecular weight is 196 g/mol. The summed E-state index contributed by atoms with van der Waals surface area (Å²) in [4.78, 5) is 0. The number of aromatic nitrogens is 2. The molecule has 0 aliphatic heterocycles. The van der Waals surface area contributed by atoms with E-state index in [-0.39, 0.29) is 6.10 Å². The second-order valence-corrected chi connectivity index (χ2v) is 3.87. The Bertz CT molecular complexity index is 304. The van der Waals surface area contributed by atoms with E-state index in [1.165, 1.54) is 11.3 Å². The summed E-state index contributed by atoms with van der Waals surface area (Å²) in [5, 5.41) is 13.8. The lowest BCUT2D eigenvalue weighted by atomic mass is 10.0. The fourth-order valence-electron chi connectivity index (χ4n) is 1.69. The molecule has 1 aromatic rings. The maximum Gasteiger partial charge on any atom is 0.0628 e. The Morgan fingerprint density at radius 1 is 1.43 bits per heavy atom. The van der Waals surface area contributed by atoms with Gasteiger partial charge in [0.25, 0.3) is 0 Å². The van der Waals surface area contributed by atoms with E-state index < -0.39 is 0 Å². The summed E-state index contributed by atoms with van der Waals surface area (Å²) in [6, 6.07) is 0. The summed E-state index contributed by atoms with van der Waals surface area (Å²) >= 11 is 0. The second kappa shape index (κ2) is 4.60. The van der Waals surface area contributed by atoms with Crippen LogP contribution in [0.5, 0.6) is 0 Å². The minimum absolute atomic E-state index is 0.172. The van der Waals surface area contributed by atoms with Crippen LogP contribution in [0.2, 0.25) is 0 Å². The molecule has 0 aromatic carbocycles. The highest BCUT2D eigenvalue weighted by molar-refractivity contribution is 5.24. The lowest BCUT2D eigenvalue weighted by Crippen LogP contribution is -2.06. The van der Waals surface area contributed by atoms with Crippen molar-refractivity contribution in [3.63, 3.8) is 0 Å². The van der Waals surface area contributed by atoms with Crippen molar-refractivity contribution in [1.82, 2.24) is 9.78 Å². The van der Waals surface area contributed by atoms with Crippen LogP contribution in [-0.4, -0.2) is 21.0 Å². The normalized spacial score (nSPS) is 13.2. The average Bonchev–Trinajstić information content (AvgIpc) is 2.39. The zero-order valence-corrected chi connectivity index (χ0v) is 9.54. The van der Waals surface area contributed by atoms with Gasteiger partial charge in [0.2, 0.25) is 0 Å². The predicted molar refractivity (Wildman–Crippen MR) is 57.3 cm³/mol. The van der Waals surface area contributed by atoms with Crippen LogP contribution in [0.4, 0.5) is 0 Å². The Labute approximate surface area is 85.8 Å². The third-order valence-electron chi connectivity index (χ3n) is 2.86. The molecule has 1 unspecified atom stereocenters. The Morgan fingerprint density at radius 3 is 2.50 bits per heavy atom. The van der Waals surface area contributed by atoms with Gasteiger partial charge in [-0.3, -0.25) is 4.68 Å². The molecule has 1 heterocycles. The number of aryl methyl sites for hydroxylation is 2. The van der Waals surface area contributed by atoms with Crippen LogP contribution in [0.3, 0.4) is 0 Å². The largest absolute Gasteiger partial charge is 0.393 e. The summed E-state index contributed by atoms with van der Waals surface area (Å²) in [5.74, 6) is 0. The Kier molecular flexibility index (Phi) is 3.69. The van der Waals surface area contributed by atoms with Crippen molar-refractivity contribution >= 4 is 0 Å². The second-order valence-electron chi connectivity index (χ2n) is 3.87. The van der Waals surface area contributed by atoms with Gasteiger partial charge in [-0.25, -0.2) is 0 Å². The number of hydrogen-bond donors (Lipinski definition) is 1. The highest BCUT2D eigenvalue weighted by atomic mass is 16.3. The van der Waals surface area contributed by atoms with Crippen LogP contribution in [0, 0.1) is 13.8 Å². The van der Waals surface area contributed by atoms with Gasteiger partial charge in [0.1, 0.15) is 0 Å². The standard InChI is InChI=1S/C11H20N2O/c1-5-10(14)6-7-11-8(2)12-13(4)9(11)3/h10,14H,5-7H2,1-4H3. The van der Waals surface area contributed by atoms with Crippen LogP contribution in [0.25, 0.3) is 0 Å². The molecule has 0 saturated carbocycles. The van der Waals surface area contributed by atoms with Crippen molar-refractivity contribution < 1.29 is 5.11 Å². The molecule has 3 nitrogen and oxygen atoms in total. The van der Waals surface area contributed by atoms with E-state index >= 15 is 0 Å². The number of aliphatic hydroxyl groups is 1. The zero-order chi connectivity index (χ0) is 10.7. The molecule has 0 saturated heterocycles. The van der Waals surface area contributed by atoms with Gasteiger partial charge in [-0.2, -0.15) is 5.10 Å². The fraction of sp³-hybridized carbons (Fsp3) is 0.727. The van der Waals surface area contributed by atoms with Gasteiger partial charge in [-0.15, -0.1) is 0 Å². The predicted octanol–water partition coefficient (Wildman–Crippen LogP) is 1.74. The number of nitrogens with zero attached hydrogens (tertiary/aromatic N) is 2. The summed E-state index contributed by atoms with van der Waals surface area (Å²) in [6.45, 7) is 6.11. The van der Waals surface area contributed by atoms with E-state index in [0.717, 1.165) is 25.0 Å². The molecule has 0 bridgehead atoms. The number of aliphatic hydroxyl groups excluding tert-OH is 1. The first kappa shape index (κ1) is 11.2. The Balaban J connectivity index is 2.67. The third kappa shape index (κ3) is 2.35. The fourth-order valence-corrected chi connectivity index (χ4v) is 1.69. The monoisotopic (exact) mass is 196 g/mol. The van der Waals surface area contributed by atoms with Crippen molar-refractivity contribution in [2.75, 3.05) is 0 Å². The lowest BCUT2D eigenvalue weighted by molar-refractivity contribution is 0.160. The van der Waals surface area contributed by atoms with Crippen LogP contribution < -0.4 is 0 Å². The van der Waals surface area contributed by atoms with E-state index in [9.17, 15) is 5.11 Å². The molecular weight excluding hydrogens is 176 g/mol. The third-order valence-corrected chi connectivity index (χ3v) is 2.86. The first-order valence-corrected chi connectivity index (χ1v) is 5.23. The van der Waals surface area contributed by atoms with Crippen LogP contribution >= 0.6 is 0 Å². The first-order valence-electron chi connectivity index (χ1n) is 5.23. The van der Waals surface area contributed by atoms with Gasteiger partial charge < -0.3 is 5.11 Å². The highest BCUT2D eigenvalue weighted by Gasteiger charge is 2.10. The molecule has 1 N–H and O–H groups in total. The van der Waals surface area contributed by atoms with E-state index in [0.29, 0.717) is 0 Å². The molecule has 1 atom stereocenters. The summed E-state index contributed by atoms with van der Waals surface area (Å²) in [7, 11) is 1.96. The van der Waals surface area contributed by atoms with Crippen molar-refractivity contribution in [2.24, 2.45) is 7.05 Å². The van der Waals surface area contributed by atoms with Crippen molar-refractivity contribution in [2.45, 2.75) is 46.1 Å². The lowest BCUT2D eigenvalue weighted by Gasteiger charge is -2.07. The minimum atomic E-state index is -0.172. The quantitative estimate of drug-likeness (QED) is 0.796. The van der Waals surface area contributed by atoms with Crippen molar-refractivity contribution in [3.05, 3.63) is 17.0 Å². The first-order chi connectivity index (χ1) is 6.56. The number of hydrogen-bond acceptors (Lipinski definition) is 2. The Hall–Kier alpha value is -0.830. The maximum atomic E-state index is 9.48. The summed E-state index contributed by atoms with van der Waals surface area (Å²) < 4.78 is 1.91. The molecule has 14 heavy (non-hydrogen) atoms. The topological polar surface area (TPSA) is 38.1 Å².